The van der Waals surface area contributed by atoms with Crippen LogP contribution in [0, 0.1) is 0 Å². The lowest BCUT2D eigenvalue weighted by molar-refractivity contribution is -0.274. The number of pyridine rings is 1. The van der Waals surface area contributed by atoms with Gasteiger partial charge in [0, 0.05) is 55.6 Å². The van der Waals surface area contributed by atoms with Crippen LogP contribution in [0.15, 0.2) is 30.7 Å². The first-order valence-electron chi connectivity index (χ1n) is 10.3. The highest BCUT2D eigenvalue weighted by molar-refractivity contribution is 5.63. The summed E-state index contributed by atoms with van der Waals surface area (Å²) in [5.41, 5.74) is 7.50. The summed E-state index contributed by atoms with van der Waals surface area (Å²) >= 11 is 0. The monoisotopic (exact) mass is 439 g/mol. The second kappa shape index (κ2) is 9.59. The lowest BCUT2D eigenvalue weighted by Crippen LogP contribution is -2.35. The van der Waals surface area contributed by atoms with Gasteiger partial charge in [0.05, 0.1) is 18.9 Å². The molecule has 0 radical (unpaired) electrons. The fourth-order valence-corrected chi connectivity index (χ4v) is 3.41. The topological polar surface area (TPSA) is 78.4 Å². The van der Waals surface area contributed by atoms with Crippen LogP contribution in [0.3, 0.4) is 0 Å². The van der Waals surface area contributed by atoms with E-state index in [2.05, 4.69) is 35.0 Å². The van der Waals surface area contributed by atoms with Crippen LogP contribution in [0.2, 0.25) is 0 Å². The molecule has 2 N–H and O–H groups in total. The van der Waals surface area contributed by atoms with Gasteiger partial charge in [0.15, 0.2) is 11.6 Å². The molecule has 1 atom stereocenters. The van der Waals surface area contributed by atoms with Crippen LogP contribution in [0.25, 0.3) is 11.3 Å². The van der Waals surface area contributed by atoms with Gasteiger partial charge < -0.3 is 24.7 Å². The number of imidazole rings is 1. The van der Waals surface area contributed by atoms with Gasteiger partial charge >= 0.3 is 6.36 Å². The summed E-state index contributed by atoms with van der Waals surface area (Å²) < 4.78 is 49.4. The first kappa shape index (κ1) is 22.9. The molecule has 10 heteroatoms. The molecule has 0 spiro atoms. The number of ether oxygens (including phenoxy) is 2. The number of halogens is 3. The lowest BCUT2D eigenvalue weighted by Gasteiger charge is -2.30. The SMILES string of the molecule is C=C(CCn1cc(-c2cnc(N)c(OC(F)(F)F)c2)nc1C(C)CC)N1CCOCC1. The first-order valence-corrected chi connectivity index (χ1v) is 10.3. The van der Waals surface area contributed by atoms with Crippen molar-refractivity contribution in [1.82, 2.24) is 19.4 Å². The third-order valence-corrected chi connectivity index (χ3v) is 5.36. The zero-order valence-electron chi connectivity index (χ0n) is 17.8. The van der Waals surface area contributed by atoms with Gasteiger partial charge in [0.1, 0.15) is 5.82 Å². The third-order valence-electron chi connectivity index (χ3n) is 5.36. The summed E-state index contributed by atoms with van der Waals surface area (Å²) in [4.78, 5) is 10.8. The highest BCUT2D eigenvalue weighted by Crippen LogP contribution is 2.32. The molecule has 0 aromatic carbocycles. The van der Waals surface area contributed by atoms with E-state index < -0.39 is 12.1 Å². The van der Waals surface area contributed by atoms with Crippen LogP contribution in [0.4, 0.5) is 19.0 Å². The van der Waals surface area contributed by atoms with Gasteiger partial charge in [-0.1, -0.05) is 20.4 Å². The van der Waals surface area contributed by atoms with Crippen LogP contribution in [0.5, 0.6) is 5.75 Å². The Morgan fingerprint density at radius 2 is 2.06 bits per heavy atom. The number of alkyl halides is 3. The van der Waals surface area contributed by atoms with Gasteiger partial charge in [-0.05, 0) is 12.5 Å². The molecule has 0 amide bonds. The number of hydrogen-bond donors (Lipinski definition) is 1. The third kappa shape index (κ3) is 5.90. The van der Waals surface area contributed by atoms with Gasteiger partial charge in [-0.15, -0.1) is 13.2 Å². The van der Waals surface area contributed by atoms with Gasteiger partial charge in [0.2, 0.25) is 0 Å². The fraction of sp³-hybridized carbons (Fsp3) is 0.524. The number of morpholine rings is 1. The Morgan fingerprint density at radius 1 is 1.35 bits per heavy atom. The van der Waals surface area contributed by atoms with E-state index in [4.69, 9.17) is 15.5 Å². The van der Waals surface area contributed by atoms with Crippen molar-refractivity contribution in [3.05, 3.63) is 36.6 Å². The first-order chi connectivity index (χ1) is 14.7. The minimum absolute atomic E-state index is 0.179. The normalized spacial score (nSPS) is 15.7. The lowest BCUT2D eigenvalue weighted by atomic mass is 10.1. The Labute approximate surface area is 179 Å². The molecule has 31 heavy (non-hydrogen) atoms. The second-order valence-corrected chi connectivity index (χ2v) is 7.56. The van der Waals surface area contributed by atoms with E-state index in [1.54, 1.807) is 0 Å². The number of nitrogen functional groups attached to an aromatic ring is 1. The summed E-state index contributed by atoms with van der Waals surface area (Å²) in [6, 6.07) is 1.22. The molecule has 1 fully saturated rings. The summed E-state index contributed by atoms with van der Waals surface area (Å²) in [7, 11) is 0. The van der Waals surface area contributed by atoms with Gasteiger partial charge in [-0.2, -0.15) is 0 Å². The van der Waals surface area contributed by atoms with Crippen molar-refractivity contribution < 1.29 is 22.6 Å². The van der Waals surface area contributed by atoms with E-state index in [0.717, 1.165) is 37.5 Å². The van der Waals surface area contributed by atoms with Crippen molar-refractivity contribution in [1.29, 1.82) is 0 Å². The van der Waals surface area contributed by atoms with Gasteiger partial charge in [-0.25, -0.2) is 9.97 Å². The number of nitrogens with two attached hydrogens (primary N) is 1. The number of aryl methyl sites for hydroxylation is 1. The van der Waals surface area contributed by atoms with Crippen molar-refractivity contribution in [3.8, 4) is 17.0 Å². The molecule has 2 aromatic rings. The fourth-order valence-electron chi connectivity index (χ4n) is 3.41. The number of anilines is 1. The molecule has 3 rings (SSSR count). The Kier molecular flexibility index (Phi) is 7.09. The number of allylic oxidation sites excluding steroid dienone is 1. The van der Waals surface area contributed by atoms with Crippen LogP contribution in [-0.2, 0) is 11.3 Å². The van der Waals surface area contributed by atoms with Crippen LogP contribution < -0.4 is 10.5 Å². The molecule has 1 aliphatic rings. The van der Waals surface area contributed by atoms with Crippen LogP contribution in [-0.4, -0.2) is 52.1 Å². The predicted octanol–water partition coefficient (Wildman–Crippen LogP) is 4.18. The van der Waals surface area contributed by atoms with Crippen LogP contribution in [0.1, 0.15) is 38.4 Å². The maximum absolute atomic E-state index is 12.7. The molecule has 0 aliphatic carbocycles. The van der Waals surface area contributed by atoms with E-state index in [-0.39, 0.29) is 11.7 Å². The van der Waals surface area contributed by atoms with Crippen molar-refractivity contribution >= 4 is 5.82 Å². The number of aromatic nitrogens is 3. The Balaban J connectivity index is 1.83. The van der Waals surface area contributed by atoms with Gasteiger partial charge in [-0.3, -0.25) is 0 Å². The van der Waals surface area contributed by atoms with Crippen molar-refractivity contribution in [2.24, 2.45) is 0 Å². The van der Waals surface area contributed by atoms with Crippen molar-refractivity contribution in [2.75, 3.05) is 32.0 Å². The average Bonchev–Trinajstić information content (AvgIpc) is 3.17. The second-order valence-electron chi connectivity index (χ2n) is 7.56. The number of nitrogens with zero attached hydrogens (tertiary/aromatic N) is 4. The molecule has 3 heterocycles. The van der Waals surface area contributed by atoms with E-state index in [0.29, 0.717) is 31.0 Å². The number of hydrogen-bond acceptors (Lipinski definition) is 6. The summed E-state index contributed by atoms with van der Waals surface area (Å²) in [5.74, 6) is 0.176. The molecule has 0 bridgehead atoms. The Morgan fingerprint density at radius 3 is 2.71 bits per heavy atom. The van der Waals surface area contributed by atoms with E-state index in [1.165, 1.54) is 12.3 Å². The average molecular weight is 439 g/mol. The summed E-state index contributed by atoms with van der Waals surface area (Å²) in [6.07, 6.45) is -0.00256. The predicted molar refractivity (Wildman–Crippen MR) is 111 cm³/mol. The molecule has 7 nitrogen and oxygen atoms in total. The number of rotatable bonds is 8. The molecule has 1 unspecified atom stereocenters. The molecule has 0 saturated carbocycles. The summed E-state index contributed by atoms with van der Waals surface area (Å²) in [6.45, 7) is 12.0. The Hall–Kier alpha value is -2.75. The van der Waals surface area contributed by atoms with Crippen LogP contribution >= 0.6 is 0 Å². The maximum atomic E-state index is 12.7. The van der Waals surface area contributed by atoms with E-state index >= 15 is 0 Å². The van der Waals surface area contributed by atoms with Gasteiger partial charge in [0.25, 0.3) is 0 Å². The maximum Gasteiger partial charge on any atom is 0.573 e. The summed E-state index contributed by atoms with van der Waals surface area (Å²) in [5, 5.41) is 0. The molecule has 1 aliphatic heterocycles. The Bertz CT molecular complexity index is 907. The minimum Gasteiger partial charge on any atom is -0.402 e. The standard InChI is InChI=1S/C21H28F3N5O2/c1-4-14(2)20-27-17(16-11-18(19(25)26-12-16)31-21(22,23)24)13-29(20)6-5-15(3)28-7-9-30-10-8-28/h11-14H,3-10H2,1-2H3,(H2,25,26). The zero-order chi connectivity index (χ0) is 22.6. The largest absolute Gasteiger partial charge is 0.573 e. The van der Waals surface area contributed by atoms with Crippen molar-refractivity contribution in [3.63, 3.8) is 0 Å². The van der Waals surface area contributed by atoms with E-state index in [1.807, 2.05) is 10.8 Å². The van der Waals surface area contributed by atoms with E-state index in [9.17, 15) is 13.2 Å². The molecular weight excluding hydrogens is 411 g/mol. The molecule has 170 valence electrons. The minimum atomic E-state index is -4.85. The van der Waals surface area contributed by atoms with Crippen molar-refractivity contribution in [2.45, 2.75) is 45.5 Å². The quantitative estimate of drug-likeness (QED) is 0.665. The highest BCUT2D eigenvalue weighted by atomic mass is 19.4. The zero-order valence-corrected chi connectivity index (χ0v) is 17.8. The molecular formula is C21H28F3N5O2. The molecule has 2 aromatic heterocycles. The molecule has 1 saturated heterocycles. The highest BCUT2D eigenvalue weighted by Gasteiger charge is 2.32. The smallest absolute Gasteiger partial charge is 0.402 e.